The van der Waals surface area contributed by atoms with E-state index in [1.165, 1.54) is 45.6 Å². The lowest BCUT2D eigenvalue weighted by atomic mass is 9.88. The molecule has 0 bridgehead atoms. The minimum absolute atomic E-state index is 0.0807. The number of nitrogens with one attached hydrogen (secondary N) is 2. The van der Waals surface area contributed by atoms with Gasteiger partial charge in [0.15, 0.2) is 5.65 Å². The average molecular weight is 588 g/mol. The molecule has 2 aliphatic carbocycles. The van der Waals surface area contributed by atoms with E-state index in [0.717, 1.165) is 12.8 Å². The standard InChI is InChI=1S/C28H35F2N7O5/c1-27(2,3)42-26(41)35(4)22-12-21(33-20-9-6-10-36(25(20)40)17-13-28(29,30)14-17)34-23-19(15-31-37(22)23)24(39)32-16-7-5-8-18(38)11-16/h6,9-10,12,15-18,38H,5,7-8,11,13-14H2,1-4H3,(H,32,39)(H,33,34)/t16-,18-/m1/s1. The molecule has 2 fully saturated rings. The first-order chi connectivity index (χ1) is 19.7. The summed E-state index contributed by atoms with van der Waals surface area (Å²) in [6.07, 6.45) is 3.41. The van der Waals surface area contributed by atoms with Crippen LogP contribution in [0.25, 0.3) is 5.65 Å². The van der Waals surface area contributed by atoms with E-state index in [1.807, 2.05) is 0 Å². The first kappa shape index (κ1) is 29.4. The number of aliphatic hydroxyl groups is 1. The van der Waals surface area contributed by atoms with Crippen molar-refractivity contribution in [3.05, 3.63) is 46.5 Å². The van der Waals surface area contributed by atoms with Gasteiger partial charge in [0.2, 0.25) is 0 Å². The highest BCUT2D eigenvalue weighted by Crippen LogP contribution is 2.44. The number of carbonyl (C=O) groups excluding carboxylic acids is 2. The molecule has 0 aromatic carbocycles. The molecule has 42 heavy (non-hydrogen) atoms. The second-order valence-electron chi connectivity index (χ2n) is 12.0. The van der Waals surface area contributed by atoms with Gasteiger partial charge in [0, 0.05) is 44.2 Å². The zero-order valence-corrected chi connectivity index (χ0v) is 23.9. The van der Waals surface area contributed by atoms with Crippen LogP contribution in [0.3, 0.4) is 0 Å². The summed E-state index contributed by atoms with van der Waals surface area (Å²) >= 11 is 0. The number of ether oxygens (including phenoxy) is 1. The minimum atomic E-state index is -2.80. The van der Waals surface area contributed by atoms with Gasteiger partial charge in [0.25, 0.3) is 17.4 Å². The third-order valence-corrected chi connectivity index (χ3v) is 7.39. The van der Waals surface area contributed by atoms with E-state index in [9.17, 15) is 28.3 Å². The van der Waals surface area contributed by atoms with Crippen LogP contribution in [0.15, 0.2) is 35.4 Å². The highest BCUT2D eigenvalue weighted by molar-refractivity contribution is 6.00. The van der Waals surface area contributed by atoms with E-state index < -0.39 is 54.1 Å². The number of hydrogen-bond acceptors (Lipinski definition) is 8. The van der Waals surface area contributed by atoms with Crippen LogP contribution >= 0.6 is 0 Å². The van der Waals surface area contributed by atoms with Crippen LogP contribution in [-0.4, -0.2) is 67.0 Å². The molecule has 0 saturated heterocycles. The Morgan fingerprint density at radius 3 is 2.64 bits per heavy atom. The Hall–Kier alpha value is -4.07. The molecule has 14 heteroatoms. The van der Waals surface area contributed by atoms with Crippen molar-refractivity contribution >= 4 is 35.0 Å². The van der Waals surface area contributed by atoms with Gasteiger partial charge in [-0.05, 0) is 58.6 Å². The van der Waals surface area contributed by atoms with Crippen molar-refractivity contribution in [3.8, 4) is 0 Å². The van der Waals surface area contributed by atoms with Gasteiger partial charge < -0.3 is 25.0 Å². The Bertz CT molecular complexity index is 1560. The van der Waals surface area contributed by atoms with E-state index in [0.29, 0.717) is 12.8 Å². The van der Waals surface area contributed by atoms with Crippen molar-refractivity contribution in [2.24, 2.45) is 0 Å². The lowest BCUT2D eigenvalue weighted by Gasteiger charge is -2.36. The molecular formula is C28H35F2N7O5. The molecular weight excluding hydrogens is 552 g/mol. The molecule has 226 valence electrons. The molecule has 2 amide bonds. The van der Waals surface area contributed by atoms with Crippen LogP contribution in [0.4, 0.5) is 30.9 Å². The molecule has 2 saturated carbocycles. The number of aliphatic hydroxyl groups excluding tert-OH is 1. The zero-order chi connectivity index (χ0) is 30.4. The first-order valence-electron chi connectivity index (χ1n) is 13.9. The lowest BCUT2D eigenvalue weighted by molar-refractivity contribution is -0.104. The molecule has 5 rings (SSSR count). The second kappa shape index (κ2) is 11.0. The Kier molecular flexibility index (Phi) is 7.68. The van der Waals surface area contributed by atoms with E-state index in [4.69, 9.17) is 4.74 Å². The molecule has 0 spiro atoms. The summed E-state index contributed by atoms with van der Waals surface area (Å²) in [5, 5.41) is 20.2. The number of nitrogens with zero attached hydrogens (tertiary/aromatic N) is 5. The fraction of sp³-hybridized carbons (Fsp3) is 0.536. The monoisotopic (exact) mass is 587 g/mol. The van der Waals surface area contributed by atoms with Gasteiger partial charge in [0.1, 0.15) is 28.5 Å². The zero-order valence-electron chi connectivity index (χ0n) is 23.9. The topological polar surface area (TPSA) is 143 Å². The van der Waals surface area contributed by atoms with E-state index in [1.54, 1.807) is 26.8 Å². The predicted octanol–water partition coefficient (Wildman–Crippen LogP) is 4.01. The van der Waals surface area contributed by atoms with Gasteiger partial charge in [0.05, 0.1) is 12.3 Å². The number of alkyl halides is 2. The number of rotatable bonds is 6. The maximum atomic E-state index is 13.5. The Balaban J connectivity index is 1.51. The van der Waals surface area contributed by atoms with Gasteiger partial charge in [-0.3, -0.25) is 14.5 Å². The summed E-state index contributed by atoms with van der Waals surface area (Å²) in [6.45, 7) is 5.18. The van der Waals surface area contributed by atoms with Crippen molar-refractivity contribution in [2.45, 2.75) is 89.0 Å². The molecule has 0 radical (unpaired) electrons. The van der Waals surface area contributed by atoms with Crippen LogP contribution < -0.4 is 21.1 Å². The fourth-order valence-electron chi connectivity index (χ4n) is 5.25. The Morgan fingerprint density at radius 1 is 1.24 bits per heavy atom. The molecule has 3 heterocycles. The van der Waals surface area contributed by atoms with Crippen LogP contribution in [-0.2, 0) is 4.74 Å². The Labute approximate surface area is 240 Å². The Morgan fingerprint density at radius 2 is 1.98 bits per heavy atom. The largest absolute Gasteiger partial charge is 0.443 e. The third kappa shape index (κ3) is 6.22. The molecule has 3 aromatic rings. The van der Waals surface area contributed by atoms with Crippen molar-refractivity contribution in [1.29, 1.82) is 0 Å². The summed E-state index contributed by atoms with van der Waals surface area (Å²) < 4.78 is 35.1. The molecule has 12 nitrogen and oxygen atoms in total. The van der Waals surface area contributed by atoms with Gasteiger partial charge in [-0.1, -0.05) is 0 Å². The first-order valence-corrected chi connectivity index (χ1v) is 13.9. The van der Waals surface area contributed by atoms with Crippen molar-refractivity contribution in [1.82, 2.24) is 24.5 Å². The molecule has 2 atom stereocenters. The number of hydrogen-bond donors (Lipinski definition) is 3. The second-order valence-corrected chi connectivity index (χ2v) is 12.0. The number of aromatic nitrogens is 4. The summed E-state index contributed by atoms with van der Waals surface area (Å²) in [5.41, 5.74) is -0.985. The normalized spacial score (nSPS) is 20.5. The molecule has 2 aliphatic rings. The summed E-state index contributed by atoms with van der Waals surface area (Å²) in [7, 11) is 1.48. The number of halogens is 2. The summed E-state index contributed by atoms with van der Waals surface area (Å²) in [4.78, 5) is 45.2. The summed E-state index contributed by atoms with van der Waals surface area (Å²) in [6, 6.07) is 3.70. The van der Waals surface area contributed by atoms with Crippen molar-refractivity contribution in [2.75, 3.05) is 17.3 Å². The minimum Gasteiger partial charge on any atom is -0.443 e. The number of fused-ring (bicyclic) bond motifs is 1. The maximum absolute atomic E-state index is 13.5. The fourth-order valence-corrected chi connectivity index (χ4v) is 5.25. The van der Waals surface area contributed by atoms with Gasteiger partial charge in [-0.15, -0.1) is 0 Å². The van der Waals surface area contributed by atoms with Crippen LogP contribution in [0.1, 0.15) is 75.7 Å². The average Bonchev–Trinajstić information content (AvgIpc) is 3.31. The van der Waals surface area contributed by atoms with Gasteiger partial charge in [-0.25, -0.2) is 18.6 Å². The van der Waals surface area contributed by atoms with Crippen molar-refractivity contribution < 1.29 is 28.2 Å². The van der Waals surface area contributed by atoms with E-state index in [2.05, 4.69) is 20.7 Å². The predicted molar refractivity (Wildman–Crippen MR) is 151 cm³/mol. The number of carbonyl (C=O) groups is 2. The van der Waals surface area contributed by atoms with Crippen LogP contribution in [0, 0.1) is 0 Å². The smallest absolute Gasteiger partial charge is 0.415 e. The number of anilines is 3. The molecule has 3 aromatic heterocycles. The quantitative estimate of drug-likeness (QED) is 0.393. The number of amides is 2. The van der Waals surface area contributed by atoms with Crippen molar-refractivity contribution in [3.63, 3.8) is 0 Å². The SMILES string of the molecule is CN(C(=O)OC(C)(C)C)c1cc(Nc2cccn(C3CC(F)(F)C3)c2=O)nc2c(C(=O)N[C@@H]3CCC[C@@H](O)C3)cnn12. The van der Waals surface area contributed by atoms with Gasteiger partial charge >= 0.3 is 6.09 Å². The highest BCUT2D eigenvalue weighted by atomic mass is 19.3. The van der Waals surface area contributed by atoms with E-state index >= 15 is 0 Å². The summed E-state index contributed by atoms with van der Waals surface area (Å²) in [5.74, 6) is -2.94. The molecule has 3 N–H and O–H groups in total. The lowest BCUT2D eigenvalue weighted by Crippen LogP contribution is -2.41. The van der Waals surface area contributed by atoms with E-state index in [-0.39, 0.29) is 34.6 Å². The third-order valence-electron chi connectivity index (χ3n) is 7.39. The number of pyridine rings is 1. The highest BCUT2D eigenvalue weighted by Gasteiger charge is 2.46. The molecule has 0 aliphatic heterocycles. The van der Waals surface area contributed by atoms with Crippen LogP contribution in [0.5, 0.6) is 0 Å². The van der Waals surface area contributed by atoms with Crippen LogP contribution in [0.2, 0.25) is 0 Å². The van der Waals surface area contributed by atoms with Gasteiger partial charge in [-0.2, -0.15) is 9.61 Å². The molecule has 0 unspecified atom stereocenters. The maximum Gasteiger partial charge on any atom is 0.415 e.